The predicted molar refractivity (Wildman–Crippen MR) is 227 cm³/mol. The van der Waals surface area contributed by atoms with Crippen molar-refractivity contribution < 1.29 is 52.4 Å². The minimum absolute atomic E-state index is 0.115. The molecule has 2 aromatic carbocycles. The SMILES string of the molecule is C=C(C)C(=O)OCC(COC(=O)C(C)=O)(COC(=O)C(C)=O)COc1ccc(-c2ccc(OCC3CCC(C4CCC(CCCCC)CC4)CC3)cc2)cc1CCC1CO1. The number of epoxide rings is 1. The fourth-order valence-electron chi connectivity index (χ4n) is 8.52. The summed E-state index contributed by atoms with van der Waals surface area (Å²) in [6.45, 7) is 9.18. The Balaban J connectivity index is 1.21. The van der Waals surface area contributed by atoms with E-state index in [-0.39, 0.29) is 18.3 Å². The van der Waals surface area contributed by atoms with Crippen LogP contribution in [0.25, 0.3) is 11.1 Å². The van der Waals surface area contributed by atoms with Gasteiger partial charge in [0.05, 0.1) is 19.3 Å². The second-order valence-corrected chi connectivity index (χ2v) is 17.6. The van der Waals surface area contributed by atoms with Crippen LogP contribution >= 0.6 is 0 Å². The van der Waals surface area contributed by atoms with Gasteiger partial charge in [0, 0.05) is 19.4 Å². The van der Waals surface area contributed by atoms with Gasteiger partial charge in [-0.3, -0.25) is 9.59 Å². The summed E-state index contributed by atoms with van der Waals surface area (Å²) in [5.74, 6) is 0.0576. The molecule has 0 radical (unpaired) electrons. The van der Waals surface area contributed by atoms with Crippen LogP contribution in [0.5, 0.6) is 11.5 Å². The number of ether oxygens (including phenoxy) is 6. The normalized spacial score (nSPS) is 21.3. The van der Waals surface area contributed by atoms with Crippen molar-refractivity contribution in [2.45, 2.75) is 124 Å². The van der Waals surface area contributed by atoms with Gasteiger partial charge < -0.3 is 28.4 Å². The summed E-state index contributed by atoms with van der Waals surface area (Å²) in [6.07, 6.45) is 18.0. The third kappa shape index (κ3) is 14.6. The van der Waals surface area contributed by atoms with Gasteiger partial charge in [-0.15, -0.1) is 0 Å². The number of Topliss-reactive ketones (excluding diaryl/α,β-unsaturated/α-hetero) is 2. The first-order valence-electron chi connectivity index (χ1n) is 22.1. The molecule has 1 atom stereocenters. The monoisotopic (exact) mass is 830 g/mol. The molecule has 0 amide bonds. The van der Waals surface area contributed by atoms with Crippen LogP contribution in [0.1, 0.15) is 117 Å². The lowest BCUT2D eigenvalue weighted by molar-refractivity contribution is -0.168. The molecule has 2 aliphatic carbocycles. The van der Waals surface area contributed by atoms with E-state index in [1.165, 1.54) is 84.0 Å². The van der Waals surface area contributed by atoms with Gasteiger partial charge in [0.25, 0.3) is 0 Å². The zero-order chi connectivity index (χ0) is 43.1. The molecule has 328 valence electrons. The Kier molecular flexibility index (Phi) is 17.8. The molecule has 3 aliphatic rings. The first-order valence-corrected chi connectivity index (χ1v) is 22.1. The average Bonchev–Trinajstić information content (AvgIpc) is 4.09. The number of aryl methyl sites for hydroxylation is 1. The summed E-state index contributed by atoms with van der Waals surface area (Å²) < 4.78 is 34.1. The van der Waals surface area contributed by atoms with E-state index in [1.54, 1.807) is 0 Å². The van der Waals surface area contributed by atoms with Crippen LogP contribution in [0.15, 0.2) is 54.6 Å². The Morgan fingerprint density at radius 3 is 1.75 bits per heavy atom. The molecular formula is C49H66O11. The number of rotatable bonds is 24. The highest BCUT2D eigenvalue weighted by molar-refractivity contribution is 6.32. The molecule has 11 heteroatoms. The zero-order valence-corrected chi connectivity index (χ0v) is 36.3. The van der Waals surface area contributed by atoms with E-state index in [2.05, 4.69) is 31.7 Å². The number of benzene rings is 2. The molecule has 1 heterocycles. The first-order chi connectivity index (χ1) is 28.8. The number of ketones is 2. The van der Waals surface area contributed by atoms with Crippen LogP contribution in [-0.2, 0) is 49.3 Å². The van der Waals surface area contributed by atoms with E-state index in [9.17, 15) is 24.0 Å². The molecule has 60 heavy (non-hydrogen) atoms. The van der Waals surface area contributed by atoms with Gasteiger partial charge in [0.2, 0.25) is 11.6 Å². The lowest BCUT2D eigenvalue weighted by Crippen LogP contribution is -2.45. The van der Waals surface area contributed by atoms with Crippen molar-refractivity contribution in [3.63, 3.8) is 0 Å². The Hall–Kier alpha value is -4.51. The summed E-state index contributed by atoms with van der Waals surface area (Å²) in [5.41, 5.74) is 1.49. The van der Waals surface area contributed by atoms with Crippen LogP contribution in [0.4, 0.5) is 0 Å². The standard InChI is InChI=1S/C49H66O11/c1-6-7-8-9-36-10-14-38(15-11-36)39-16-12-37(13-17-39)27-55-43-22-18-40(19-23-43)41-21-25-45(42(26-41)20-24-44-28-56-44)57-29-49(30-58-46(52)33(2)3,31-59-47(53)34(4)50)32-60-48(54)35(5)51/h18-19,21-23,25-26,36-39,44H,2,6-17,20,24,27-32H2,1,3-5H3. The number of carbonyl (C=O) groups is 5. The van der Waals surface area contributed by atoms with Gasteiger partial charge in [-0.2, -0.15) is 0 Å². The molecule has 0 spiro atoms. The minimum atomic E-state index is -1.49. The number of esters is 3. The van der Waals surface area contributed by atoms with Gasteiger partial charge >= 0.3 is 17.9 Å². The highest BCUT2D eigenvalue weighted by atomic mass is 16.6. The summed E-state index contributed by atoms with van der Waals surface area (Å²) in [4.78, 5) is 60.4. The van der Waals surface area contributed by atoms with Crippen LogP contribution < -0.4 is 9.47 Å². The fraction of sp³-hybridized carbons (Fsp3) is 0.612. The van der Waals surface area contributed by atoms with Crippen LogP contribution in [0.2, 0.25) is 0 Å². The summed E-state index contributed by atoms with van der Waals surface area (Å²) >= 11 is 0. The molecule has 5 rings (SSSR count). The maximum absolute atomic E-state index is 12.5. The Morgan fingerprint density at radius 2 is 1.22 bits per heavy atom. The number of carbonyl (C=O) groups excluding carboxylic acids is 5. The Labute approximate surface area is 356 Å². The molecule has 1 aliphatic heterocycles. The van der Waals surface area contributed by atoms with Gasteiger partial charge in [0.15, 0.2) is 0 Å². The number of unbranched alkanes of at least 4 members (excludes halogenated alkanes) is 2. The molecule has 1 saturated heterocycles. The highest BCUT2D eigenvalue weighted by Crippen LogP contribution is 2.42. The maximum atomic E-state index is 12.5. The van der Waals surface area contributed by atoms with E-state index in [1.807, 2.05) is 24.3 Å². The molecule has 3 fully saturated rings. The van der Waals surface area contributed by atoms with Gasteiger partial charge in [-0.1, -0.05) is 70.2 Å². The first kappa shape index (κ1) is 46.6. The van der Waals surface area contributed by atoms with Crippen LogP contribution in [0, 0.1) is 29.1 Å². The van der Waals surface area contributed by atoms with Gasteiger partial charge in [-0.25, -0.2) is 14.4 Å². The lowest BCUT2D eigenvalue weighted by Gasteiger charge is -2.38. The van der Waals surface area contributed by atoms with Crippen molar-refractivity contribution in [3.05, 3.63) is 60.2 Å². The van der Waals surface area contributed by atoms with Crippen molar-refractivity contribution in [3.8, 4) is 22.6 Å². The molecule has 2 aromatic rings. The van der Waals surface area contributed by atoms with Gasteiger partial charge in [0.1, 0.15) is 43.3 Å². The van der Waals surface area contributed by atoms with Crippen molar-refractivity contribution in [2.75, 3.05) is 39.6 Å². The van der Waals surface area contributed by atoms with Crippen molar-refractivity contribution >= 4 is 29.5 Å². The number of hydrogen-bond donors (Lipinski definition) is 0. The average molecular weight is 831 g/mol. The van der Waals surface area contributed by atoms with Crippen molar-refractivity contribution in [1.82, 2.24) is 0 Å². The van der Waals surface area contributed by atoms with E-state index >= 15 is 0 Å². The van der Waals surface area contributed by atoms with Crippen molar-refractivity contribution in [2.24, 2.45) is 29.1 Å². The Bertz CT molecular complexity index is 1690. The highest BCUT2D eigenvalue weighted by Gasteiger charge is 2.39. The Morgan fingerprint density at radius 1 is 0.667 bits per heavy atom. The van der Waals surface area contributed by atoms with Crippen LogP contribution in [-0.4, -0.2) is 75.2 Å². The quantitative estimate of drug-likeness (QED) is 0.0250. The fourth-order valence-corrected chi connectivity index (χ4v) is 8.52. The third-order valence-corrected chi connectivity index (χ3v) is 12.5. The van der Waals surface area contributed by atoms with Crippen molar-refractivity contribution in [1.29, 1.82) is 0 Å². The molecule has 0 aromatic heterocycles. The van der Waals surface area contributed by atoms with E-state index in [4.69, 9.17) is 28.4 Å². The molecule has 1 unspecified atom stereocenters. The topological polar surface area (TPSA) is 144 Å². The third-order valence-electron chi connectivity index (χ3n) is 12.5. The number of hydrogen-bond acceptors (Lipinski definition) is 11. The van der Waals surface area contributed by atoms with Gasteiger partial charge in [-0.05, 0) is 123 Å². The van der Waals surface area contributed by atoms with Crippen LogP contribution in [0.3, 0.4) is 0 Å². The molecular weight excluding hydrogens is 765 g/mol. The second-order valence-electron chi connectivity index (χ2n) is 17.6. The molecule has 0 N–H and O–H groups in total. The smallest absolute Gasteiger partial charge is 0.374 e. The molecule has 2 saturated carbocycles. The molecule has 11 nitrogen and oxygen atoms in total. The van der Waals surface area contributed by atoms with E-state index < -0.39 is 54.7 Å². The maximum Gasteiger partial charge on any atom is 0.374 e. The lowest BCUT2D eigenvalue weighted by atomic mass is 9.69. The summed E-state index contributed by atoms with van der Waals surface area (Å²) in [5, 5.41) is 0. The largest absolute Gasteiger partial charge is 0.493 e. The summed E-state index contributed by atoms with van der Waals surface area (Å²) in [6, 6.07) is 14.0. The zero-order valence-electron chi connectivity index (χ0n) is 36.3. The van der Waals surface area contributed by atoms with E-state index in [0.29, 0.717) is 24.7 Å². The molecule has 0 bridgehead atoms. The predicted octanol–water partition coefficient (Wildman–Crippen LogP) is 9.01. The minimum Gasteiger partial charge on any atom is -0.493 e. The second kappa shape index (κ2) is 22.9. The van der Waals surface area contributed by atoms with E-state index in [0.717, 1.165) is 67.1 Å². The summed E-state index contributed by atoms with van der Waals surface area (Å²) in [7, 11) is 0.